The average molecular weight is 241 g/mol. The van der Waals surface area contributed by atoms with Gasteiger partial charge in [0.25, 0.3) is 0 Å². The minimum atomic E-state index is 0.658. The van der Waals surface area contributed by atoms with Crippen LogP contribution in [0.25, 0.3) is 0 Å². The van der Waals surface area contributed by atoms with Crippen LogP contribution in [0.3, 0.4) is 0 Å². The minimum absolute atomic E-state index is 0.658. The van der Waals surface area contributed by atoms with Crippen molar-refractivity contribution in [2.75, 3.05) is 17.7 Å². The molecular formula is C13H21ClN2. The van der Waals surface area contributed by atoms with Crippen molar-refractivity contribution in [2.24, 2.45) is 5.92 Å². The van der Waals surface area contributed by atoms with Crippen LogP contribution in [-0.4, -0.2) is 17.4 Å². The number of aryl methyl sites for hydroxylation is 1. The first kappa shape index (κ1) is 13.3. The molecule has 0 saturated heterocycles. The topological polar surface area (TPSA) is 24.9 Å². The molecule has 1 heterocycles. The lowest BCUT2D eigenvalue weighted by atomic mass is 10.0. The van der Waals surface area contributed by atoms with Crippen LogP contribution in [0.4, 0.5) is 5.82 Å². The Morgan fingerprint density at radius 3 is 2.75 bits per heavy atom. The third kappa shape index (κ3) is 4.84. The van der Waals surface area contributed by atoms with E-state index in [1.165, 1.54) is 18.4 Å². The van der Waals surface area contributed by atoms with E-state index in [0.29, 0.717) is 5.92 Å². The summed E-state index contributed by atoms with van der Waals surface area (Å²) in [6.07, 6.45) is 5.41. The van der Waals surface area contributed by atoms with Gasteiger partial charge in [-0.1, -0.05) is 19.4 Å². The van der Waals surface area contributed by atoms with Gasteiger partial charge in [0.15, 0.2) is 0 Å². The number of hydrogen-bond donors (Lipinski definition) is 1. The fraction of sp³-hybridized carbons (Fsp3) is 0.615. The monoisotopic (exact) mass is 240 g/mol. The number of anilines is 1. The summed E-state index contributed by atoms with van der Waals surface area (Å²) in [5.74, 6) is 2.36. The van der Waals surface area contributed by atoms with E-state index in [2.05, 4.69) is 23.3 Å². The molecule has 3 heteroatoms. The van der Waals surface area contributed by atoms with Crippen LogP contribution in [0.1, 0.15) is 31.7 Å². The van der Waals surface area contributed by atoms with Gasteiger partial charge in [-0.25, -0.2) is 4.98 Å². The number of hydrogen-bond acceptors (Lipinski definition) is 2. The van der Waals surface area contributed by atoms with E-state index in [1.54, 1.807) is 0 Å². The molecule has 0 spiro atoms. The number of nitrogens with one attached hydrogen (secondary N) is 1. The minimum Gasteiger partial charge on any atom is -0.370 e. The quantitative estimate of drug-likeness (QED) is 0.733. The second-order valence-corrected chi connectivity index (χ2v) is 4.61. The molecule has 0 aromatic carbocycles. The molecule has 0 aliphatic heterocycles. The zero-order valence-electron chi connectivity index (χ0n) is 10.2. The van der Waals surface area contributed by atoms with E-state index >= 15 is 0 Å². The molecule has 1 aromatic heterocycles. The van der Waals surface area contributed by atoms with Crippen molar-refractivity contribution < 1.29 is 0 Å². The summed E-state index contributed by atoms with van der Waals surface area (Å²) < 4.78 is 0. The summed E-state index contributed by atoms with van der Waals surface area (Å²) in [4.78, 5) is 4.33. The molecule has 0 radical (unpaired) electrons. The molecule has 1 unspecified atom stereocenters. The van der Waals surface area contributed by atoms with Crippen molar-refractivity contribution in [3.05, 3.63) is 23.9 Å². The Hall–Kier alpha value is -0.760. The van der Waals surface area contributed by atoms with E-state index < -0.39 is 0 Å². The molecule has 0 fully saturated rings. The van der Waals surface area contributed by atoms with E-state index in [1.807, 2.05) is 19.2 Å². The first-order valence-corrected chi connectivity index (χ1v) is 6.52. The highest BCUT2D eigenvalue weighted by atomic mass is 35.5. The predicted octanol–water partition coefficient (Wildman–Crippen LogP) is 3.85. The molecule has 1 rings (SSSR count). The Morgan fingerprint density at radius 1 is 1.38 bits per heavy atom. The fourth-order valence-corrected chi connectivity index (χ4v) is 2.04. The predicted molar refractivity (Wildman–Crippen MR) is 71.2 cm³/mol. The summed E-state index contributed by atoms with van der Waals surface area (Å²) in [5, 5.41) is 3.37. The molecule has 90 valence electrons. The van der Waals surface area contributed by atoms with Crippen molar-refractivity contribution >= 4 is 17.4 Å². The summed E-state index contributed by atoms with van der Waals surface area (Å²) in [5.41, 5.74) is 1.19. The number of rotatable bonds is 7. The highest BCUT2D eigenvalue weighted by Gasteiger charge is 2.06. The molecule has 16 heavy (non-hydrogen) atoms. The van der Waals surface area contributed by atoms with Gasteiger partial charge >= 0.3 is 0 Å². The highest BCUT2D eigenvalue weighted by molar-refractivity contribution is 6.17. The van der Waals surface area contributed by atoms with E-state index in [4.69, 9.17) is 11.6 Å². The summed E-state index contributed by atoms with van der Waals surface area (Å²) in [6.45, 7) is 5.23. The first-order chi connectivity index (χ1) is 7.76. The lowest BCUT2D eigenvalue weighted by Crippen LogP contribution is -2.15. The third-order valence-corrected chi connectivity index (χ3v) is 2.92. The first-order valence-electron chi connectivity index (χ1n) is 5.98. The Bertz CT molecular complexity index is 278. The van der Waals surface area contributed by atoms with Gasteiger partial charge in [0, 0.05) is 18.6 Å². The Balaban J connectivity index is 2.38. The van der Waals surface area contributed by atoms with Crippen molar-refractivity contribution in [3.8, 4) is 0 Å². The van der Waals surface area contributed by atoms with Gasteiger partial charge in [-0.2, -0.15) is 0 Å². The van der Waals surface area contributed by atoms with Crippen LogP contribution in [0.5, 0.6) is 0 Å². The van der Waals surface area contributed by atoms with Gasteiger partial charge in [0.2, 0.25) is 0 Å². The number of halogens is 1. The number of alkyl halides is 1. The van der Waals surface area contributed by atoms with Crippen LogP contribution >= 0.6 is 11.6 Å². The van der Waals surface area contributed by atoms with Crippen LogP contribution in [0.15, 0.2) is 18.3 Å². The zero-order valence-corrected chi connectivity index (χ0v) is 10.9. The molecule has 1 N–H and O–H groups in total. The van der Waals surface area contributed by atoms with Gasteiger partial charge < -0.3 is 5.32 Å². The van der Waals surface area contributed by atoms with Crippen LogP contribution < -0.4 is 5.32 Å². The third-order valence-electron chi connectivity index (χ3n) is 2.70. The Labute approximate surface area is 103 Å². The van der Waals surface area contributed by atoms with Gasteiger partial charge in [-0.3, -0.25) is 0 Å². The summed E-state index contributed by atoms with van der Waals surface area (Å²) in [6, 6.07) is 4.10. The van der Waals surface area contributed by atoms with Crippen molar-refractivity contribution in [1.29, 1.82) is 0 Å². The fourth-order valence-electron chi connectivity index (χ4n) is 1.73. The zero-order chi connectivity index (χ0) is 11.8. The van der Waals surface area contributed by atoms with Crippen molar-refractivity contribution in [2.45, 2.75) is 33.1 Å². The maximum atomic E-state index is 5.79. The van der Waals surface area contributed by atoms with Gasteiger partial charge in [0.1, 0.15) is 5.82 Å². The molecule has 0 saturated carbocycles. The summed E-state index contributed by atoms with van der Waals surface area (Å²) in [7, 11) is 0. The second-order valence-electron chi connectivity index (χ2n) is 4.23. The van der Waals surface area contributed by atoms with Crippen LogP contribution in [-0.2, 0) is 0 Å². The molecule has 1 atom stereocenters. The van der Waals surface area contributed by atoms with Crippen molar-refractivity contribution in [1.82, 2.24) is 4.98 Å². The Morgan fingerprint density at radius 2 is 2.19 bits per heavy atom. The lowest BCUT2D eigenvalue weighted by molar-refractivity contribution is 0.489. The smallest absolute Gasteiger partial charge is 0.125 e. The molecule has 0 amide bonds. The SMILES string of the molecule is CCCC(CCCl)CNc1ccc(C)cn1. The molecule has 0 aliphatic rings. The molecule has 2 nitrogen and oxygen atoms in total. The highest BCUT2D eigenvalue weighted by Crippen LogP contribution is 2.13. The maximum absolute atomic E-state index is 5.79. The van der Waals surface area contributed by atoms with E-state index in [-0.39, 0.29) is 0 Å². The standard InChI is InChI=1S/C13H21ClN2/c1-3-4-12(7-8-14)10-16-13-6-5-11(2)9-15-13/h5-6,9,12H,3-4,7-8,10H2,1-2H3,(H,15,16). The lowest BCUT2D eigenvalue weighted by Gasteiger charge is -2.15. The summed E-state index contributed by atoms with van der Waals surface area (Å²) >= 11 is 5.79. The molecular weight excluding hydrogens is 220 g/mol. The van der Waals surface area contributed by atoms with Gasteiger partial charge in [-0.15, -0.1) is 11.6 Å². The second kappa shape index (κ2) is 7.50. The number of nitrogens with zero attached hydrogens (tertiary/aromatic N) is 1. The average Bonchev–Trinajstić information content (AvgIpc) is 2.29. The molecule has 0 bridgehead atoms. The normalized spacial score (nSPS) is 12.4. The van der Waals surface area contributed by atoms with Crippen molar-refractivity contribution in [3.63, 3.8) is 0 Å². The largest absolute Gasteiger partial charge is 0.370 e. The number of aromatic nitrogens is 1. The molecule has 0 aliphatic carbocycles. The van der Waals surface area contributed by atoms with E-state index in [9.17, 15) is 0 Å². The van der Waals surface area contributed by atoms with Gasteiger partial charge in [0.05, 0.1) is 0 Å². The Kier molecular flexibility index (Phi) is 6.24. The maximum Gasteiger partial charge on any atom is 0.125 e. The van der Waals surface area contributed by atoms with Crippen LogP contribution in [0.2, 0.25) is 0 Å². The number of pyridine rings is 1. The van der Waals surface area contributed by atoms with Gasteiger partial charge in [-0.05, 0) is 37.3 Å². The molecule has 1 aromatic rings. The van der Waals surface area contributed by atoms with E-state index in [0.717, 1.165) is 24.7 Å². The van der Waals surface area contributed by atoms with Crippen LogP contribution in [0, 0.1) is 12.8 Å².